The third-order valence-electron chi connectivity index (χ3n) is 7.56. The Hall–Kier alpha value is -3.88. The lowest BCUT2D eigenvalue weighted by Crippen LogP contribution is -2.57. The molecule has 0 fully saturated rings. The Labute approximate surface area is 282 Å². The molecular weight excluding hydrogens is 594 g/mol. The fraction of sp³-hybridized carbons (Fsp3) is 0.579. The van der Waals surface area contributed by atoms with Gasteiger partial charge in [-0.3, -0.25) is 9.59 Å². The lowest BCUT2D eigenvalue weighted by Gasteiger charge is -2.39. The Bertz CT molecular complexity index is 1360. The number of benzene rings is 2. The molecule has 4 unspecified atom stereocenters. The number of hydrogen-bond acceptors (Lipinski definition) is 6. The van der Waals surface area contributed by atoms with E-state index in [2.05, 4.69) is 10.6 Å². The number of aryl methyl sites for hydroxylation is 2. The predicted molar refractivity (Wildman–Crippen MR) is 186 cm³/mol. The summed E-state index contributed by atoms with van der Waals surface area (Å²) in [6, 6.07) is 11.7. The van der Waals surface area contributed by atoms with E-state index >= 15 is 0 Å². The Balaban J connectivity index is 2.70. The maximum Gasteiger partial charge on any atom is 0.408 e. The first-order valence-corrected chi connectivity index (χ1v) is 16.7. The lowest BCUT2D eigenvalue weighted by atomic mass is 9.93. The van der Waals surface area contributed by atoms with Gasteiger partial charge in [0.05, 0.1) is 0 Å². The molecule has 2 N–H and O–H groups in total. The lowest BCUT2D eigenvalue weighted by molar-refractivity contribution is -0.159. The molecule has 2 aromatic carbocycles. The van der Waals surface area contributed by atoms with Crippen LogP contribution in [0.2, 0.25) is 0 Å². The summed E-state index contributed by atoms with van der Waals surface area (Å²) in [5.74, 6) is -1.44. The first-order valence-electron chi connectivity index (χ1n) is 16.7. The van der Waals surface area contributed by atoms with Gasteiger partial charge in [-0.15, -0.1) is 0 Å². The van der Waals surface area contributed by atoms with Crippen LogP contribution in [0.5, 0.6) is 0 Å². The number of ether oxygens (including phenoxy) is 2. The fourth-order valence-corrected chi connectivity index (χ4v) is 5.26. The van der Waals surface area contributed by atoms with Crippen molar-refractivity contribution in [2.45, 2.75) is 138 Å². The first kappa shape index (κ1) is 39.3. The zero-order valence-corrected chi connectivity index (χ0v) is 30.5. The second kappa shape index (κ2) is 16.8. The van der Waals surface area contributed by atoms with Crippen LogP contribution in [-0.4, -0.2) is 58.1 Å². The standard InChI is InChI=1S/C38H57N3O6/c1-13-27(6)41(34(43)30(21-24(2)3)40-36(45)47-38(10,11)12)32(29-22-25(4)19-20-26(29)5)33(42)39-31(35(44)46-37(7,8)9)23-28-17-15-14-16-18-28/h14-20,22,24,27,30-32H,13,21,23H2,1-12H3,(H,39,42)(H,40,45). The largest absolute Gasteiger partial charge is 0.458 e. The van der Waals surface area contributed by atoms with Gasteiger partial charge >= 0.3 is 12.1 Å². The van der Waals surface area contributed by atoms with Gasteiger partial charge < -0.3 is 25.0 Å². The van der Waals surface area contributed by atoms with Crippen molar-refractivity contribution in [3.63, 3.8) is 0 Å². The van der Waals surface area contributed by atoms with Crippen molar-refractivity contribution in [2.75, 3.05) is 0 Å². The van der Waals surface area contributed by atoms with Crippen LogP contribution in [0, 0.1) is 19.8 Å². The summed E-state index contributed by atoms with van der Waals surface area (Å²) in [6.07, 6.45) is 0.372. The van der Waals surface area contributed by atoms with E-state index in [1.807, 2.05) is 90.1 Å². The molecule has 0 aliphatic carbocycles. The summed E-state index contributed by atoms with van der Waals surface area (Å²) in [5.41, 5.74) is 1.68. The minimum atomic E-state index is -1.10. The van der Waals surface area contributed by atoms with Crippen LogP contribution < -0.4 is 10.6 Å². The monoisotopic (exact) mass is 651 g/mol. The molecule has 0 bridgehead atoms. The van der Waals surface area contributed by atoms with Crippen LogP contribution >= 0.6 is 0 Å². The number of esters is 1. The summed E-state index contributed by atoms with van der Waals surface area (Å²) >= 11 is 0. The van der Waals surface area contributed by atoms with Crippen LogP contribution in [0.1, 0.15) is 110 Å². The number of amides is 3. The van der Waals surface area contributed by atoms with Crippen molar-refractivity contribution in [1.82, 2.24) is 15.5 Å². The highest BCUT2D eigenvalue weighted by atomic mass is 16.6. The molecule has 4 atom stereocenters. The average Bonchev–Trinajstić information content (AvgIpc) is 2.94. The van der Waals surface area contributed by atoms with Gasteiger partial charge in [0, 0.05) is 12.5 Å². The number of nitrogens with one attached hydrogen (secondary N) is 2. The van der Waals surface area contributed by atoms with Crippen LogP contribution in [0.25, 0.3) is 0 Å². The van der Waals surface area contributed by atoms with Crippen LogP contribution in [0.4, 0.5) is 4.79 Å². The van der Waals surface area contributed by atoms with Crippen LogP contribution in [0.3, 0.4) is 0 Å². The number of nitrogens with zero attached hydrogens (tertiary/aromatic N) is 1. The quantitative estimate of drug-likeness (QED) is 0.226. The highest BCUT2D eigenvalue weighted by Crippen LogP contribution is 2.30. The molecule has 0 saturated carbocycles. The molecule has 260 valence electrons. The Morgan fingerprint density at radius 1 is 0.809 bits per heavy atom. The summed E-state index contributed by atoms with van der Waals surface area (Å²) in [6.45, 7) is 22.2. The van der Waals surface area contributed by atoms with Crippen molar-refractivity contribution >= 4 is 23.9 Å². The molecule has 0 heterocycles. The minimum absolute atomic E-state index is 0.0491. The van der Waals surface area contributed by atoms with E-state index in [1.165, 1.54) is 0 Å². The first-order chi connectivity index (χ1) is 21.7. The number of hydrogen-bond donors (Lipinski definition) is 2. The van der Waals surface area contributed by atoms with Gasteiger partial charge in [0.1, 0.15) is 29.3 Å². The highest BCUT2D eigenvalue weighted by Gasteiger charge is 2.41. The second-order valence-electron chi connectivity index (χ2n) is 14.9. The Morgan fingerprint density at radius 3 is 1.94 bits per heavy atom. The summed E-state index contributed by atoms with van der Waals surface area (Å²) in [7, 11) is 0. The van der Waals surface area contributed by atoms with Crippen molar-refractivity contribution in [1.29, 1.82) is 0 Å². The Morgan fingerprint density at radius 2 is 1.40 bits per heavy atom. The molecule has 47 heavy (non-hydrogen) atoms. The molecule has 0 aromatic heterocycles. The van der Waals surface area contributed by atoms with E-state index in [0.29, 0.717) is 18.4 Å². The smallest absolute Gasteiger partial charge is 0.408 e. The van der Waals surface area contributed by atoms with Gasteiger partial charge in [0.15, 0.2) is 0 Å². The molecule has 2 rings (SSSR count). The molecule has 0 aliphatic rings. The molecular formula is C38H57N3O6. The highest BCUT2D eigenvalue weighted by molar-refractivity contribution is 5.94. The summed E-state index contributed by atoms with van der Waals surface area (Å²) < 4.78 is 11.3. The molecule has 3 amide bonds. The SMILES string of the molecule is CCC(C)N(C(=O)C(CC(C)C)NC(=O)OC(C)(C)C)C(C(=O)NC(Cc1ccccc1)C(=O)OC(C)(C)C)c1cc(C)ccc1C. The van der Waals surface area contributed by atoms with Gasteiger partial charge in [0.2, 0.25) is 11.8 Å². The molecule has 0 saturated heterocycles. The average molecular weight is 652 g/mol. The molecule has 0 aliphatic heterocycles. The molecule has 0 radical (unpaired) electrons. The normalized spacial score (nSPS) is 14.4. The molecule has 9 nitrogen and oxygen atoms in total. The van der Waals surface area contributed by atoms with Gasteiger partial charge in [-0.2, -0.15) is 0 Å². The predicted octanol–water partition coefficient (Wildman–Crippen LogP) is 6.98. The zero-order valence-electron chi connectivity index (χ0n) is 30.5. The molecule has 2 aromatic rings. The fourth-order valence-electron chi connectivity index (χ4n) is 5.26. The molecule has 0 spiro atoms. The number of carbonyl (C=O) groups is 4. The molecule has 9 heteroatoms. The van der Waals surface area contributed by atoms with E-state index in [-0.39, 0.29) is 12.3 Å². The number of alkyl carbamates (subject to hydrolysis) is 1. The summed E-state index contributed by atoms with van der Waals surface area (Å²) in [4.78, 5) is 57.4. The van der Waals surface area contributed by atoms with Crippen molar-refractivity contribution in [3.05, 3.63) is 70.8 Å². The zero-order chi connectivity index (χ0) is 35.7. The van der Waals surface area contributed by atoms with Crippen molar-refractivity contribution in [3.8, 4) is 0 Å². The number of rotatable bonds is 13. The Kier molecular flexibility index (Phi) is 14.0. The van der Waals surface area contributed by atoms with Crippen molar-refractivity contribution in [2.24, 2.45) is 5.92 Å². The van der Waals surface area contributed by atoms with Crippen LogP contribution in [-0.2, 0) is 30.3 Å². The maximum atomic E-state index is 14.7. The third kappa shape index (κ3) is 12.7. The number of carbonyl (C=O) groups excluding carboxylic acids is 4. The topological polar surface area (TPSA) is 114 Å². The second-order valence-corrected chi connectivity index (χ2v) is 14.9. The van der Waals surface area contributed by atoms with E-state index in [1.54, 1.807) is 46.4 Å². The van der Waals surface area contributed by atoms with E-state index < -0.39 is 59.2 Å². The maximum absolute atomic E-state index is 14.7. The van der Waals surface area contributed by atoms with Gasteiger partial charge in [-0.25, -0.2) is 9.59 Å². The van der Waals surface area contributed by atoms with Crippen molar-refractivity contribution < 1.29 is 28.7 Å². The van der Waals surface area contributed by atoms with E-state index in [9.17, 15) is 19.2 Å². The summed E-state index contributed by atoms with van der Waals surface area (Å²) in [5, 5.41) is 5.77. The van der Waals surface area contributed by atoms with Gasteiger partial charge in [0.25, 0.3) is 0 Å². The van der Waals surface area contributed by atoms with Gasteiger partial charge in [-0.05, 0) is 97.8 Å². The van der Waals surface area contributed by atoms with Gasteiger partial charge in [-0.1, -0.05) is 74.9 Å². The van der Waals surface area contributed by atoms with Crippen LogP contribution in [0.15, 0.2) is 48.5 Å². The van der Waals surface area contributed by atoms with E-state index in [4.69, 9.17) is 9.47 Å². The minimum Gasteiger partial charge on any atom is -0.458 e. The third-order valence-corrected chi connectivity index (χ3v) is 7.56. The van der Waals surface area contributed by atoms with E-state index in [0.717, 1.165) is 16.7 Å².